The van der Waals surface area contributed by atoms with Gasteiger partial charge >= 0.3 is 0 Å². The first-order valence-corrected chi connectivity index (χ1v) is 9.93. The molecule has 4 nitrogen and oxygen atoms in total. The van der Waals surface area contributed by atoms with Crippen molar-refractivity contribution in [2.24, 2.45) is 0 Å². The molecule has 2 aliphatic heterocycles. The maximum atomic E-state index is 11.7. The highest BCUT2D eigenvalue weighted by Gasteiger charge is 2.46. The molecule has 2 heterocycles. The summed E-state index contributed by atoms with van der Waals surface area (Å²) in [7, 11) is 0. The number of likely N-dealkylation sites (tertiary alicyclic amines) is 2. The lowest BCUT2D eigenvalue weighted by molar-refractivity contribution is -0.0959. The Morgan fingerprint density at radius 3 is 2.44 bits per heavy atom. The predicted octanol–water partition coefficient (Wildman–Crippen LogP) is 3.12. The van der Waals surface area contributed by atoms with Crippen LogP contribution >= 0.6 is 0 Å². The summed E-state index contributed by atoms with van der Waals surface area (Å²) in [5.41, 5.74) is 2.04. The SMILES string of the molecule is N#Cc1ccccc1CN1CC[C@](O)(c2ccccc2)[C@H](N2CCCC2)C1. The third-order valence-corrected chi connectivity index (χ3v) is 6.18. The van der Waals surface area contributed by atoms with Crippen molar-refractivity contribution >= 4 is 0 Å². The lowest BCUT2D eigenvalue weighted by Crippen LogP contribution is -2.60. The van der Waals surface area contributed by atoms with Crippen LogP contribution in [0.5, 0.6) is 0 Å². The molecule has 0 bridgehead atoms. The zero-order valence-corrected chi connectivity index (χ0v) is 15.7. The molecule has 2 aromatic rings. The largest absolute Gasteiger partial charge is 0.383 e. The summed E-state index contributed by atoms with van der Waals surface area (Å²) in [6.45, 7) is 4.53. The Labute approximate surface area is 161 Å². The molecule has 0 saturated carbocycles. The first-order valence-electron chi connectivity index (χ1n) is 9.93. The highest BCUT2D eigenvalue weighted by atomic mass is 16.3. The third kappa shape index (κ3) is 3.64. The normalized spacial score (nSPS) is 26.7. The van der Waals surface area contributed by atoms with E-state index in [2.05, 4.69) is 28.0 Å². The summed E-state index contributed by atoms with van der Waals surface area (Å²) in [5.74, 6) is 0. The van der Waals surface area contributed by atoms with Crippen molar-refractivity contribution in [1.29, 1.82) is 5.26 Å². The second-order valence-corrected chi connectivity index (χ2v) is 7.80. The van der Waals surface area contributed by atoms with Gasteiger partial charge < -0.3 is 5.11 Å². The monoisotopic (exact) mass is 361 g/mol. The van der Waals surface area contributed by atoms with E-state index in [0.29, 0.717) is 6.42 Å². The highest BCUT2D eigenvalue weighted by Crippen LogP contribution is 2.37. The van der Waals surface area contributed by atoms with Gasteiger partial charge in [0.25, 0.3) is 0 Å². The average Bonchev–Trinajstić information content (AvgIpc) is 3.25. The van der Waals surface area contributed by atoms with Crippen molar-refractivity contribution in [3.63, 3.8) is 0 Å². The molecule has 2 saturated heterocycles. The fourth-order valence-electron chi connectivity index (χ4n) is 4.67. The molecule has 0 aliphatic carbocycles. The van der Waals surface area contributed by atoms with Crippen LogP contribution in [0.1, 0.15) is 36.0 Å². The van der Waals surface area contributed by atoms with Crippen LogP contribution in [0.3, 0.4) is 0 Å². The Morgan fingerprint density at radius 1 is 1.00 bits per heavy atom. The maximum absolute atomic E-state index is 11.7. The molecule has 4 heteroatoms. The Morgan fingerprint density at radius 2 is 1.70 bits per heavy atom. The first kappa shape index (κ1) is 18.2. The van der Waals surface area contributed by atoms with E-state index >= 15 is 0 Å². The molecule has 140 valence electrons. The summed E-state index contributed by atoms with van der Waals surface area (Å²) in [6, 6.07) is 20.4. The number of nitrogens with zero attached hydrogens (tertiary/aromatic N) is 3. The molecule has 2 fully saturated rings. The maximum Gasteiger partial charge on any atom is 0.108 e. The molecule has 4 rings (SSSR count). The molecule has 2 aliphatic rings. The Kier molecular flexibility index (Phi) is 5.27. The minimum Gasteiger partial charge on any atom is -0.383 e. The second-order valence-electron chi connectivity index (χ2n) is 7.80. The van der Waals surface area contributed by atoms with Crippen molar-refractivity contribution in [1.82, 2.24) is 9.80 Å². The zero-order chi connectivity index (χ0) is 18.7. The smallest absolute Gasteiger partial charge is 0.108 e. The number of aliphatic hydroxyl groups is 1. The standard InChI is InChI=1S/C23H27N3O/c24-16-19-8-4-5-9-20(19)17-25-15-12-23(27,21-10-2-1-3-11-21)22(18-25)26-13-6-7-14-26/h1-5,8-11,22,27H,6-7,12-15,17-18H2/t22-,23+/m1/s1. The van der Waals surface area contributed by atoms with Gasteiger partial charge in [-0.1, -0.05) is 48.5 Å². The number of nitriles is 1. The van der Waals surface area contributed by atoms with Gasteiger partial charge in [0, 0.05) is 19.6 Å². The van der Waals surface area contributed by atoms with Gasteiger partial charge in [-0.2, -0.15) is 5.26 Å². The van der Waals surface area contributed by atoms with Crippen molar-refractivity contribution in [2.45, 2.75) is 37.5 Å². The lowest BCUT2D eigenvalue weighted by Gasteiger charge is -2.48. The van der Waals surface area contributed by atoms with E-state index in [1.165, 1.54) is 12.8 Å². The fraction of sp³-hybridized carbons (Fsp3) is 0.435. The summed E-state index contributed by atoms with van der Waals surface area (Å²) in [6.07, 6.45) is 3.13. The second kappa shape index (κ2) is 7.82. The molecule has 1 N–H and O–H groups in total. The van der Waals surface area contributed by atoms with Crippen LogP contribution in [-0.4, -0.2) is 47.1 Å². The van der Waals surface area contributed by atoms with Crippen LogP contribution in [0.15, 0.2) is 54.6 Å². The number of rotatable bonds is 4. The Hall–Kier alpha value is -2.19. The molecule has 0 spiro atoms. The van der Waals surface area contributed by atoms with E-state index in [4.69, 9.17) is 0 Å². The van der Waals surface area contributed by atoms with E-state index in [-0.39, 0.29) is 6.04 Å². The van der Waals surface area contributed by atoms with Crippen LogP contribution in [0.4, 0.5) is 0 Å². The fourth-order valence-corrected chi connectivity index (χ4v) is 4.67. The van der Waals surface area contributed by atoms with Gasteiger partial charge in [0.05, 0.1) is 17.7 Å². The molecule has 2 aromatic carbocycles. The minimum absolute atomic E-state index is 0.0883. The molecular formula is C23H27N3O. The van der Waals surface area contributed by atoms with Crippen LogP contribution in [0, 0.1) is 11.3 Å². The topological polar surface area (TPSA) is 50.5 Å². The number of hydrogen-bond donors (Lipinski definition) is 1. The van der Waals surface area contributed by atoms with E-state index in [0.717, 1.165) is 49.4 Å². The summed E-state index contributed by atoms with van der Waals surface area (Å²) >= 11 is 0. The molecule has 0 aromatic heterocycles. The quantitative estimate of drug-likeness (QED) is 0.909. The van der Waals surface area contributed by atoms with Crippen molar-refractivity contribution in [3.8, 4) is 6.07 Å². The van der Waals surface area contributed by atoms with Crippen molar-refractivity contribution in [3.05, 3.63) is 71.3 Å². The van der Waals surface area contributed by atoms with Crippen LogP contribution < -0.4 is 0 Å². The zero-order valence-electron chi connectivity index (χ0n) is 15.7. The lowest BCUT2D eigenvalue weighted by atomic mass is 9.79. The van der Waals surface area contributed by atoms with Crippen LogP contribution in [0.2, 0.25) is 0 Å². The number of piperidine rings is 1. The number of benzene rings is 2. The molecule has 0 radical (unpaired) electrons. The van der Waals surface area contributed by atoms with Gasteiger partial charge in [-0.05, 0) is 49.5 Å². The molecule has 27 heavy (non-hydrogen) atoms. The molecule has 2 atom stereocenters. The van der Waals surface area contributed by atoms with E-state index in [1.807, 2.05) is 42.5 Å². The molecular weight excluding hydrogens is 334 g/mol. The van der Waals surface area contributed by atoms with Crippen LogP contribution in [0.25, 0.3) is 0 Å². The van der Waals surface area contributed by atoms with Gasteiger partial charge in [0.2, 0.25) is 0 Å². The van der Waals surface area contributed by atoms with Gasteiger partial charge in [0.15, 0.2) is 0 Å². The van der Waals surface area contributed by atoms with Crippen LogP contribution in [-0.2, 0) is 12.1 Å². The number of hydrogen-bond acceptors (Lipinski definition) is 4. The Bertz CT molecular complexity index is 810. The highest BCUT2D eigenvalue weighted by molar-refractivity contribution is 5.37. The van der Waals surface area contributed by atoms with E-state index < -0.39 is 5.60 Å². The summed E-state index contributed by atoms with van der Waals surface area (Å²) in [5, 5.41) is 21.1. The average molecular weight is 361 g/mol. The first-order chi connectivity index (χ1) is 13.2. The van der Waals surface area contributed by atoms with Gasteiger partial charge in [-0.25, -0.2) is 0 Å². The molecule has 0 unspecified atom stereocenters. The van der Waals surface area contributed by atoms with Crippen molar-refractivity contribution in [2.75, 3.05) is 26.2 Å². The van der Waals surface area contributed by atoms with E-state index in [9.17, 15) is 10.4 Å². The molecule has 0 amide bonds. The third-order valence-electron chi connectivity index (χ3n) is 6.18. The van der Waals surface area contributed by atoms with Gasteiger partial charge in [-0.15, -0.1) is 0 Å². The van der Waals surface area contributed by atoms with Gasteiger partial charge in [-0.3, -0.25) is 9.80 Å². The predicted molar refractivity (Wildman–Crippen MR) is 106 cm³/mol. The van der Waals surface area contributed by atoms with E-state index in [1.54, 1.807) is 0 Å². The minimum atomic E-state index is -0.809. The van der Waals surface area contributed by atoms with Crippen molar-refractivity contribution < 1.29 is 5.11 Å². The summed E-state index contributed by atoms with van der Waals surface area (Å²) in [4.78, 5) is 4.87. The summed E-state index contributed by atoms with van der Waals surface area (Å²) < 4.78 is 0. The van der Waals surface area contributed by atoms with Gasteiger partial charge in [0.1, 0.15) is 5.60 Å². The Balaban J connectivity index is 1.59.